The molecular weight excluding hydrogens is 323 g/mol. The van der Waals surface area contributed by atoms with E-state index < -0.39 is 23.1 Å². The first-order valence-corrected chi connectivity index (χ1v) is 6.18. The summed E-state index contributed by atoms with van der Waals surface area (Å²) in [5.41, 5.74) is 5.48. The number of benzene rings is 1. The van der Waals surface area contributed by atoms with E-state index >= 15 is 0 Å². The number of ether oxygens (including phenoxy) is 1. The summed E-state index contributed by atoms with van der Waals surface area (Å²) in [5.74, 6) is -1.08. The quantitative estimate of drug-likeness (QED) is 0.506. The van der Waals surface area contributed by atoms with E-state index in [2.05, 4.69) is 20.7 Å². The van der Waals surface area contributed by atoms with Gasteiger partial charge < -0.3 is 10.5 Å². The van der Waals surface area contributed by atoms with Crippen LogP contribution in [0.15, 0.2) is 22.7 Å². The molecule has 6 nitrogen and oxygen atoms in total. The molecule has 2 N–H and O–H groups in total. The highest BCUT2D eigenvalue weighted by Gasteiger charge is 2.29. The molecule has 8 heteroatoms. The minimum atomic E-state index is -2.07. The van der Waals surface area contributed by atoms with E-state index in [1.54, 1.807) is 6.92 Å². The molecule has 19 heavy (non-hydrogen) atoms. The first-order valence-electron chi connectivity index (χ1n) is 5.38. The van der Waals surface area contributed by atoms with Gasteiger partial charge in [0.2, 0.25) is 6.17 Å². The Hall–Kier alpha value is -1.54. The molecule has 1 aromatic rings. The number of alkyl halides is 1. The lowest BCUT2D eigenvalue weighted by Gasteiger charge is -2.15. The average molecular weight is 335 g/mol. The highest BCUT2D eigenvalue weighted by Crippen LogP contribution is 2.29. The fourth-order valence-electron chi connectivity index (χ4n) is 1.41. The average Bonchev–Trinajstić information content (AvgIpc) is 2.37. The van der Waals surface area contributed by atoms with Crippen molar-refractivity contribution in [2.24, 2.45) is 5.73 Å². The molecule has 104 valence electrons. The van der Waals surface area contributed by atoms with Gasteiger partial charge >= 0.3 is 5.97 Å². The molecule has 0 fully saturated rings. The Kier molecular flexibility index (Phi) is 5.37. The summed E-state index contributed by atoms with van der Waals surface area (Å²) in [7, 11) is 0. The van der Waals surface area contributed by atoms with Gasteiger partial charge in [-0.2, -0.15) is 0 Å². The molecule has 0 aromatic heterocycles. The summed E-state index contributed by atoms with van der Waals surface area (Å²) in [6, 6.07) is 2.60. The molecule has 0 heterocycles. The molecule has 0 saturated heterocycles. The Bertz CT molecular complexity index is 498. The number of hydrogen-bond donors (Lipinski definition) is 1. The number of nitro benzene ring substituents is 1. The second kappa shape index (κ2) is 6.58. The van der Waals surface area contributed by atoms with Gasteiger partial charge in [0.15, 0.2) is 0 Å². The maximum Gasteiger partial charge on any atom is 0.342 e. The Balaban J connectivity index is 3.00. The van der Waals surface area contributed by atoms with Gasteiger partial charge in [0.05, 0.1) is 22.0 Å². The molecular formula is C11H12BrFN2O4. The fourth-order valence-corrected chi connectivity index (χ4v) is 1.81. The van der Waals surface area contributed by atoms with Gasteiger partial charge in [-0.25, -0.2) is 9.18 Å². The first kappa shape index (κ1) is 15.5. The Morgan fingerprint density at radius 3 is 2.79 bits per heavy atom. The summed E-state index contributed by atoms with van der Waals surface area (Å²) >= 11 is 3.00. The van der Waals surface area contributed by atoms with Crippen molar-refractivity contribution >= 4 is 27.6 Å². The van der Waals surface area contributed by atoms with Crippen molar-refractivity contribution in [2.45, 2.75) is 19.1 Å². The number of rotatable bonds is 5. The summed E-state index contributed by atoms with van der Waals surface area (Å²) in [6.45, 7) is 1.58. The number of nitrogens with zero attached hydrogens (tertiary/aromatic N) is 1. The zero-order chi connectivity index (χ0) is 14.6. The lowest BCUT2D eigenvalue weighted by Crippen LogP contribution is -2.31. The smallest absolute Gasteiger partial charge is 0.342 e. The lowest BCUT2D eigenvalue weighted by atomic mass is 10.0. The van der Waals surface area contributed by atoms with Gasteiger partial charge in [0, 0.05) is 6.07 Å². The predicted octanol–water partition coefficient (Wildman–Crippen LogP) is 2.26. The molecule has 0 aliphatic rings. The number of halogens is 2. The van der Waals surface area contributed by atoms with E-state index in [9.17, 15) is 19.3 Å². The zero-order valence-corrected chi connectivity index (χ0v) is 11.6. The monoisotopic (exact) mass is 334 g/mol. The van der Waals surface area contributed by atoms with E-state index in [4.69, 9.17) is 5.73 Å². The van der Waals surface area contributed by atoms with Crippen LogP contribution in [0, 0.1) is 10.1 Å². The molecule has 0 bridgehead atoms. The van der Waals surface area contributed by atoms with Crippen LogP contribution in [-0.2, 0) is 9.53 Å². The molecule has 1 rings (SSSR count). The van der Waals surface area contributed by atoms with E-state index in [0.717, 1.165) is 6.07 Å². The van der Waals surface area contributed by atoms with Crippen molar-refractivity contribution < 1.29 is 18.8 Å². The van der Waals surface area contributed by atoms with Gasteiger partial charge in [0.25, 0.3) is 5.69 Å². The Morgan fingerprint density at radius 1 is 1.63 bits per heavy atom. The fraction of sp³-hybridized carbons (Fsp3) is 0.364. The third kappa shape index (κ3) is 3.71. The topological polar surface area (TPSA) is 95.5 Å². The van der Waals surface area contributed by atoms with Crippen LogP contribution in [0.3, 0.4) is 0 Å². The van der Waals surface area contributed by atoms with Crippen molar-refractivity contribution in [3.05, 3.63) is 38.3 Å². The SMILES string of the molecule is CCOC(=O)C(F)[C@@H](N)c1ccc(Br)c([N+](=O)[O-])c1. The summed E-state index contributed by atoms with van der Waals surface area (Å²) in [4.78, 5) is 21.3. The van der Waals surface area contributed by atoms with Crippen molar-refractivity contribution in [1.29, 1.82) is 0 Å². The molecule has 0 aliphatic carbocycles. The van der Waals surface area contributed by atoms with Gasteiger partial charge in [-0.1, -0.05) is 6.07 Å². The van der Waals surface area contributed by atoms with E-state index in [1.807, 2.05) is 0 Å². The number of carbonyl (C=O) groups is 1. The number of nitrogens with two attached hydrogens (primary N) is 1. The van der Waals surface area contributed by atoms with Crippen LogP contribution >= 0.6 is 15.9 Å². The number of nitro groups is 1. The molecule has 1 unspecified atom stereocenters. The summed E-state index contributed by atoms with van der Waals surface area (Å²) in [6.07, 6.45) is -2.07. The Morgan fingerprint density at radius 2 is 2.26 bits per heavy atom. The molecule has 0 radical (unpaired) electrons. The van der Waals surface area contributed by atoms with E-state index in [0.29, 0.717) is 0 Å². The minimum absolute atomic E-state index is 0.0342. The standard InChI is InChI=1S/C11H12BrFN2O4/c1-2-19-11(16)9(13)10(14)6-3-4-7(12)8(5-6)15(17)18/h3-5,9-10H,2,14H2,1H3/t9?,10-/m0/s1. The maximum atomic E-state index is 13.7. The molecule has 1 aromatic carbocycles. The predicted molar refractivity (Wildman–Crippen MR) is 69.3 cm³/mol. The van der Waals surface area contributed by atoms with Crippen LogP contribution in [0.1, 0.15) is 18.5 Å². The molecule has 0 aliphatic heterocycles. The molecule has 0 amide bonds. The van der Waals surface area contributed by atoms with Crippen molar-refractivity contribution in [3.63, 3.8) is 0 Å². The molecule has 2 atom stereocenters. The van der Waals surface area contributed by atoms with Crippen LogP contribution < -0.4 is 5.73 Å². The van der Waals surface area contributed by atoms with Crippen molar-refractivity contribution in [1.82, 2.24) is 0 Å². The zero-order valence-electron chi connectivity index (χ0n) is 10.0. The van der Waals surface area contributed by atoms with Crippen LogP contribution in [-0.4, -0.2) is 23.7 Å². The highest BCUT2D eigenvalue weighted by molar-refractivity contribution is 9.10. The van der Waals surface area contributed by atoms with Gasteiger partial charge in [-0.15, -0.1) is 0 Å². The molecule has 0 spiro atoms. The minimum Gasteiger partial charge on any atom is -0.464 e. The van der Waals surface area contributed by atoms with E-state index in [-0.39, 0.29) is 22.3 Å². The maximum absolute atomic E-state index is 13.7. The third-order valence-electron chi connectivity index (χ3n) is 2.38. The lowest BCUT2D eigenvalue weighted by molar-refractivity contribution is -0.385. The number of esters is 1. The Labute approximate surface area is 117 Å². The summed E-state index contributed by atoms with van der Waals surface area (Å²) in [5, 5.41) is 10.8. The third-order valence-corrected chi connectivity index (χ3v) is 3.05. The second-order valence-corrected chi connectivity index (χ2v) is 4.50. The summed E-state index contributed by atoms with van der Waals surface area (Å²) < 4.78 is 18.5. The molecule has 0 saturated carbocycles. The number of carbonyl (C=O) groups excluding carboxylic acids is 1. The van der Waals surface area contributed by atoms with Crippen LogP contribution in [0.25, 0.3) is 0 Å². The first-order chi connectivity index (χ1) is 8.88. The van der Waals surface area contributed by atoms with Crippen LogP contribution in [0.4, 0.5) is 10.1 Å². The van der Waals surface area contributed by atoms with Crippen molar-refractivity contribution in [2.75, 3.05) is 6.61 Å². The largest absolute Gasteiger partial charge is 0.464 e. The van der Waals surface area contributed by atoms with Crippen LogP contribution in [0.5, 0.6) is 0 Å². The van der Waals surface area contributed by atoms with Crippen molar-refractivity contribution in [3.8, 4) is 0 Å². The normalized spacial score (nSPS) is 13.7. The van der Waals surface area contributed by atoms with Gasteiger partial charge in [-0.05, 0) is 34.5 Å². The second-order valence-electron chi connectivity index (χ2n) is 3.65. The highest BCUT2D eigenvalue weighted by atomic mass is 79.9. The van der Waals surface area contributed by atoms with Gasteiger partial charge in [0.1, 0.15) is 0 Å². The van der Waals surface area contributed by atoms with E-state index in [1.165, 1.54) is 12.1 Å². The van der Waals surface area contributed by atoms with Crippen LogP contribution in [0.2, 0.25) is 0 Å². The van der Waals surface area contributed by atoms with Gasteiger partial charge in [-0.3, -0.25) is 10.1 Å². The number of hydrogen-bond acceptors (Lipinski definition) is 5.